The average Bonchev–Trinajstić information content (AvgIpc) is 2.62. The minimum atomic E-state index is -0.600. The van der Waals surface area contributed by atoms with Crippen molar-refractivity contribution in [3.8, 4) is 5.75 Å². The third-order valence-corrected chi connectivity index (χ3v) is 4.78. The molecule has 0 radical (unpaired) electrons. The molecule has 1 aliphatic heterocycles. The molecule has 1 unspecified atom stereocenters. The standard InChI is InChI=1S/C18H18BrN3O3/c1-20-16(24)10-22-14-6-4-3-5-12(14)18(25)21(2)17(22)13-9-11(19)7-8-15(13)23/h3-9,17,23H,10H2,1-2H3,(H,20,24). The van der Waals surface area contributed by atoms with Crippen LogP contribution in [-0.2, 0) is 4.79 Å². The Hall–Kier alpha value is -2.54. The maximum atomic E-state index is 12.8. The van der Waals surface area contributed by atoms with Crippen LogP contribution in [0, 0.1) is 0 Å². The highest BCUT2D eigenvalue weighted by Gasteiger charge is 2.38. The lowest BCUT2D eigenvalue weighted by atomic mass is 10.0. The second-order valence-corrected chi connectivity index (χ2v) is 6.73. The van der Waals surface area contributed by atoms with Crippen LogP contribution in [0.1, 0.15) is 22.1 Å². The first-order chi connectivity index (χ1) is 11.9. The zero-order valence-electron chi connectivity index (χ0n) is 13.9. The fourth-order valence-corrected chi connectivity index (χ4v) is 3.44. The van der Waals surface area contributed by atoms with Crippen molar-refractivity contribution >= 4 is 33.4 Å². The molecule has 0 bridgehead atoms. The Morgan fingerprint density at radius 1 is 1.28 bits per heavy atom. The highest BCUT2D eigenvalue weighted by molar-refractivity contribution is 9.10. The number of anilines is 1. The molecule has 6 nitrogen and oxygen atoms in total. The summed E-state index contributed by atoms with van der Waals surface area (Å²) in [5, 5.41) is 13.0. The highest BCUT2D eigenvalue weighted by atomic mass is 79.9. The Bertz CT molecular complexity index is 840. The number of benzene rings is 2. The van der Waals surface area contributed by atoms with E-state index < -0.39 is 6.17 Å². The minimum absolute atomic E-state index is 0.0573. The van der Waals surface area contributed by atoms with Gasteiger partial charge in [0.1, 0.15) is 11.9 Å². The van der Waals surface area contributed by atoms with E-state index in [9.17, 15) is 14.7 Å². The number of nitrogens with one attached hydrogen (secondary N) is 1. The molecule has 130 valence electrons. The van der Waals surface area contributed by atoms with Gasteiger partial charge in [0.2, 0.25) is 5.91 Å². The van der Waals surface area contributed by atoms with Crippen LogP contribution in [-0.4, -0.2) is 42.5 Å². The zero-order chi connectivity index (χ0) is 18.1. The molecule has 2 N–H and O–H groups in total. The van der Waals surface area contributed by atoms with E-state index in [0.29, 0.717) is 16.8 Å². The smallest absolute Gasteiger partial charge is 0.257 e. The van der Waals surface area contributed by atoms with Gasteiger partial charge in [-0.3, -0.25) is 9.59 Å². The van der Waals surface area contributed by atoms with Crippen molar-refractivity contribution in [3.05, 3.63) is 58.1 Å². The number of para-hydroxylation sites is 1. The Morgan fingerprint density at radius 3 is 2.72 bits per heavy atom. The van der Waals surface area contributed by atoms with E-state index in [1.165, 1.54) is 4.90 Å². The second-order valence-electron chi connectivity index (χ2n) is 5.81. The van der Waals surface area contributed by atoms with E-state index in [4.69, 9.17) is 0 Å². The van der Waals surface area contributed by atoms with Gasteiger partial charge in [-0.2, -0.15) is 0 Å². The van der Waals surface area contributed by atoms with Gasteiger partial charge in [-0.05, 0) is 30.3 Å². The predicted octanol–water partition coefficient (Wildman–Crippen LogP) is 2.49. The predicted molar refractivity (Wildman–Crippen MR) is 98.5 cm³/mol. The normalized spacial score (nSPS) is 16.6. The summed E-state index contributed by atoms with van der Waals surface area (Å²) in [6.07, 6.45) is -0.600. The molecule has 0 fully saturated rings. The first-order valence-electron chi connectivity index (χ1n) is 7.76. The van der Waals surface area contributed by atoms with Crippen LogP contribution in [0.4, 0.5) is 5.69 Å². The molecule has 0 saturated heterocycles. The first-order valence-corrected chi connectivity index (χ1v) is 8.55. The fourth-order valence-electron chi connectivity index (χ4n) is 3.06. The summed E-state index contributed by atoms with van der Waals surface area (Å²) in [7, 11) is 3.23. The van der Waals surface area contributed by atoms with Crippen LogP contribution in [0.5, 0.6) is 5.75 Å². The van der Waals surface area contributed by atoms with Crippen molar-refractivity contribution in [3.63, 3.8) is 0 Å². The number of likely N-dealkylation sites (N-methyl/N-ethyl adjacent to an activating group) is 1. The summed E-state index contributed by atoms with van der Waals surface area (Å²) in [5.74, 6) is -0.278. The van der Waals surface area contributed by atoms with Gasteiger partial charge in [-0.1, -0.05) is 28.1 Å². The quantitative estimate of drug-likeness (QED) is 0.825. The van der Waals surface area contributed by atoms with Gasteiger partial charge in [0.05, 0.1) is 17.8 Å². The largest absolute Gasteiger partial charge is 0.508 e. The molecular formula is C18H18BrN3O3. The molecule has 7 heteroatoms. The molecule has 2 amide bonds. The van der Waals surface area contributed by atoms with Crippen LogP contribution in [0.3, 0.4) is 0 Å². The van der Waals surface area contributed by atoms with Crippen molar-refractivity contribution in [1.29, 1.82) is 0 Å². The first kappa shape index (κ1) is 17.3. The van der Waals surface area contributed by atoms with E-state index in [2.05, 4.69) is 21.2 Å². The van der Waals surface area contributed by atoms with Gasteiger partial charge in [0, 0.05) is 24.1 Å². The number of hydrogen-bond acceptors (Lipinski definition) is 4. The van der Waals surface area contributed by atoms with Crippen molar-refractivity contribution in [2.75, 3.05) is 25.5 Å². The number of carbonyl (C=O) groups excluding carboxylic acids is 2. The van der Waals surface area contributed by atoms with Crippen LogP contribution in [0.15, 0.2) is 46.9 Å². The third kappa shape index (κ3) is 3.07. The third-order valence-electron chi connectivity index (χ3n) is 4.29. The molecule has 0 aliphatic carbocycles. The van der Waals surface area contributed by atoms with Crippen molar-refractivity contribution in [1.82, 2.24) is 10.2 Å². The van der Waals surface area contributed by atoms with E-state index in [1.54, 1.807) is 44.4 Å². The highest BCUT2D eigenvalue weighted by Crippen LogP contribution is 2.41. The molecule has 3 rings (SSSR count). The number of fused-ring (bicyclic) bond motifs is 1. The topological polar surface area (TPSA) is 72.9 Å². The lowest BCUT2D eigenvalue weighted by molar-refractivity contribution is -0.119. The Morgan fingerprint density at radius 2 is 2.00 bits per heavy atom. The number of aromatic hydroxyl groups is 1. The van der Waals surface area contributed by atoms with Crippen LogP contribution in [0.2, 0.25) is 0 Å². The monoisotopic (exact) mass is 403 g/mol. The number of carbonyl (C=O) groups is 2. The van der Waals surface area contributed by atoms with Gasteiger partial charge in [-0.25, -0.2) is 0 Å². The van der Waals surface area contributed by atoms with Crippen molar-refractivity contribution in [2.24, 2.45) is 0 Å². The van der Waals surface area contributed by atoms with Crippen LogP contribution in [0.25, 0.3) is 0 Å². The molecule has 2 aromatic carbocycles. The Kier molecular flexibility index (Phi) is 4.67. The molecule has 1 heterocycles. The van der Waals surface area contributed by atoms with Gasteiger partial charge >= 0.3 is 0 Å². The molecule has 1 atom stereocenters. The van der Waals surface area contributed by atoms with E-state index in [1.807, 2.05) is 17.0 Å². The number of halogens is 1. The lowest BCUT2D eigenvalue weighted by Crippen LogP contribution is -2.50. The maximum Gasteiger partial charge on any atom is 0.257 e. The number of phenols is 1. The Labute approximate surface area is 154 Å². The molecular weight excluding hydrogens is 386 g/mol. The number of amides is 2. The zero-order valence-corrected chi connectivity index (χ0v) is 15.4. The molecule has 0 spiro atoms. The second kappa shape index (κ2) is 6.76. The van der Waals surface area contributed by atoms with Crippen molar-refractivity contribution < 1.29 is 14.7 Å². The van der Waals surface area contributed by atoms with Gasteiger partial charge in [0.25, 0.3) is 5.91 Å². The van der Waals surface area contributed by atoms with Gasteiger partial charge in [0.15, 0.2) is 0 Å². The van der Waals surface area contributed by atoms with E-state index in [0.717, 1.165) is 4.47 Å². The van der Waals surface area contributed by atoms with E-state index in [-0.39, 0.29) is 24.1 Å². The molecule has 25 heavy (non-hydrogen) atoms. The van der Waals surface area contributed by atoms with Crippen molar-refractivity contribution in [2.45, 2.75) is 6.17 Å². The van der Waals surface area contributed by atoms with Gasteiger partial charge in [-0.15, -0.1) is 0 Å². The maximum absolute atomic E-state index is 12.8. The number of phenolic OH excluding ortho intramolecular Hbond substituents is 1. The summed E-state index contributed by atoms with van der Waals surface area (Å²) >= 11 is 3.40. The number of nitrogens with zero attached hydrogens (tertiary/aromatic N) is 2. The number of rotatable bonds is 3. The SMILES string of the molecule is CNC(=O)CN1c2ccccc2C(=O)N(C)C1c1cc(Br)ccc1O. The molecule has 0 aromatic heterocycles. The fraction of sp³-hybridized carbons (Fsp3) is 0.222. The van der Waals surface area contributed by atoms with E-state index >= 15 is 0 Å². The summed E-state index contributed by atoms with van der Waals surface area (Å²) in [5.41, 5.74) is 1.74. The summed E-state index contributed by atoms with van der Waals surface area (Å²) in [6, 6.07) is 12.2. The van der Waals surface area contributed by atoms with Gasteiger partial charge < -0.3 is 20.2 Å². The molecule has 2 aromatic rings. The summed E-state index contributed by atoms with van der Waals surface area (Å²) in [6.45, 7) is 0.0573. The van der Waals surface area contributed by atoms with Crippen LogP contribution >= 0.6 is 15.9 Å². The summed E-state index contributed by atoms with van der Waals surface area (Å²) < 4.78 is 0.778. The minimum Gasteiger partial charge on any atom is -0.508 e. The summed E-state index contributed by atoms with van der Waals surface area (Å²) in [4.78, 5) is 28.2. The Balaban J connectivity index is 2.18. The lowest BCUT2D eigenvalue weighted by Gasteiger charge is -2.44. The van der Waals surface area contributed by atoms with Crippen LogP contribution < -0.4 is 10.2 Å². The number of hydrogen-bond donors (Lipinski definition) is 2. The molecule has 1 aliphatic rings. The molecule has 0 saturated carbocycles. The average molecular weight is 404 g/mol.